The lowest BCUT2D eigenvalue weighted by molar-refractivity contribution is -0.123. The van der Waals surface area contributed by atoms with E-state index in [4.69, 9.17) is 10.2 Å². The largest absolute Gasteiger partial charge is 0.464 e. The van der Waals surface area contributed by atoms with Crippen molar-refractivity contribution in [3.63, 3.8) is 0 Å². The highest BCUT2D eigenvalue weighted by Crippen LogP contribution is 2.21. The lowest BCUT2D eigenvalue weighted by Gasteiger charge is -2.21. The zero-order valence-corrected chi connectivity index (χ0v) is 11.4. The van der Waals surface area contributed by atoms with Crippen LogP contribution in [0.1, 0.15) is 25.8 Å². The molecular weight excluding hydrogens is 240 g/mol. The average molecular weight is 260 g/mol. The first-order valence-corrected chi connectivity index (χ1v) is 6.44. The minimum absolute atomic E-state index is 0.0146. The molecule has 1 aromatic carbocycles. The van der Waals surface area contributed by atoms with Gasteiger partial charge < -0.3 is 15.5 Å². The number of hydrogen-bond donors (Lipinski definition) is 2. The van der Waals surface area contributed by atoms with E-state index in [1.807, 2.05) is 38.1 Å². The summed E-state index contributed by atoms with van der Waals surface area (Å²) in [4.78, 5) is 11.9. The standard InChI is InChI=1S/C15H20N2O2/c1-15(2,10-16)7-14(18)17-8-11-9-19-13-6-4-3-5-12(11)13/h3-6,9H,7-8,10,16H2,1-2H3,(H,17,18). The first-order chi connectivity index (χ1) is 9.02. The highest BCUT2D eigenvalue weighted by molar-refractivity contribution is 5.82. The Balaban J connectivity index is 1.97. The monoisotopic (exact) mass is 260 g/mol. The highest BCUT2D eigenvalue weighted by Gasteiger charge is 2.20. The van der Waals surface area contributed by atoms with Crippen LogP contribution in [0.2, 0.25) is 0 Å². The van der Waals surface area contributed by atoms with Gasteiger partial charge in [-0.25, -0.2) is 0 Å². The van der Waals surface area contributed by atoms with E-state index in [9.17, 15) is 4.79 Å². The molecule has 2 aromatic rings. The third-order valence-electron chi connectivity index (χ3n) is 3.23. The fourth-order valence-electron chi connectivity index (χ4n) is 1.93. The second-order valence-electron chi connectivity index (χ2n) is 5.58. The number of amides is 1. The Morgan fingerprint density at radius 1 is 1.37 bits per heavy atom. The fourth-order valence-corrected chi connectivity index (χ4v) is 1.93. The van der Waals surface area contributed by atoms with E-state index in [0.29, 0.717) is 19.5 Å². The van der Waals surface area contributed by atoms with Gasteiger partial charge in [0, 0.05) is 23.9 Å². The number of rotatable bonds is 5. The van der Waals surface area contributed by atoms with E-state index < -0.39 is 0 Å². The third-order valence-corrected chi connectivity index (χ3v) is 3.23. The molecule has 1 amide bonds. The Morgan fingerprint density at radius 3 is 2.84 bits per heavy atom. The second kappa shape index (κ2) is 5.45. The normalized spacial score (nSPS) is 11.7. The lowest BCUT2D eigenvalue weighted by Crippen LogP contribution is -2.32. The molecule has 0 fully saturated rings. The summed E-state index contributed by atoms with van der Waals surface area (Å²) >= 11 is 0. The first-order valence-electron chi connectivity index (χ1n) is 6.44. The molecule has 0 unspecified atom stereocenters. The van der Waals surface area contributed by atoms with Crippen molar-refractivity contribution in [2.24, 2.45) is 11.1 Å². The fraction of sp³-hybridized carbons (Fsp3) is 0.400. The average Bonchev–Trinajstić information content (AvgIpc) is 2.79. The molecule has 0 spiro atoms. The summed E-state index contributed by atoms with van der Waals surface area (Å²) in [6, 6.07) is 7.79. The minimum Gasteiger partial charge on any atom is -0.464 e. The molecule has 0 aliphatic rings. The number of para-hydroxylation sites is 1. The summed E-state index contributed by atoms with van der Waals surface area (Å²) in [7, 11) is 0. The van der Waals surface area contributed by atoms with Gasteiger partial charge in [0.2, 0.25) is 5.91 Å². The molecule has 4 nitrogen and oxygen atoms in total. The number of furan rings is 1. The number of carbonyl (C=O) groups is 1. The van der Waals surface area contributed by atoms with E-state index in [0.717, 1.165) is 16.5 Å². The summed E-state index contributed by atoms with van der Waals surface area (Å²) in [5, 5.41) is 3.96. The highest BCUT2D eigenvalue weighted by atomic mass is 16.3. The molecule has 0 aliphatic heterocycles. The molecule has 1 aromatic heterocycles. The number of fused-ring (bicyclic) bond motifs is 1. The van der Waals surface area contributed by atoms with Crippen LogP contribution in [0.25, 0.3) is 11.0 Å². The Morgan fingerprint density at radius 2 is 2.11 bits per heavy atom. The van der Waals surface area contributed by atoms with Crippen molar-refractivity contribution in [3.8, 4) is 0 Å². The van der Waals surface area contributed by atoms with E-state index in [2.05, 4.69) is 5.32 Å². The molecule has 1 heterocycles. The van der Waals surface area contributed by atoms with Crippen molar-refractivity contribution < 1.29 is 9.21 Å². The SMILES string of the molecule is CC(C)(CN)CC(=O)NCc1coc2ccccc12. The molecule has 0 saturated carbocycles. The molecule has 3 N–H and O–H groups in total. The number of carbonyl (C=O) groups excluding carboxylic acids is 1. The van der Waals surface area contributed by atoms with Crippen LogP contribution in [-0.2, 0) is 11.3 Å². The number of hydrogen-bond acceptors (Lipinski definition) is 3. The zero-order chi connectivity index (χ0) is 13.9. The topological polar surface area (TPSA) is 68.3 Å². The van der Waals surface area contributed by atoms with Crippen LogP contribution < -0.4 is 11.1 Å². The molecule has 0 aliphatic carbocycles. The van der Waals surface area contributed by atoms with Gasteiger partial charge in [-0.2, -0.15) is 0 Å². The Bertz CT molecular complexity index is 572. The van der Waals surface area contributed by atoms with Gasteiger partial charge in [0.25, 0.3) is 0 Å². The maximum absolute atomic E-state index is 11.9. The summed E-state index contributed by atoms with van der Waals surface area (Å²) < 4.78 is 5.43. The molecule has 0 saturated heterocycles. The summed E-state index contributed by atoms with van der Waals surface area (Å²) in [5.41, 5.74) is 7.30. The van der Waals surface area contributed by atoms with Crippen molar-refractivity contribution >= 4 is 16.9 Å². The Labute approximate surface area is 113 Å². The van der Waals surface area contributed by atoms with Crippen LogP contribution in [0.15, 0.2) is 34.9 Å². The number of nitrogens with one attached hydrogen (secondary N) is 1. The molecule has 0 bridgehead atoms. The molecule has 102 valence electrons. The van der Waals surface area contributed by atoms with Gasteiger partial charge in [-0.3, -0.25) is 4.79 Å². The lowest BCUT2D eigenvalue weighted by atomic mass is 9.89. The zero-order valence-electron chi connectivity index (χ0n) is 11.4. The Kier molecular flexibility index (Phi) is 3.90. The van der Waals surface area contributed by atoms with E-state index in [-0.39, 0.29) is 11.3 Å². The molecule has 0 atom stereocenters. The van der Waals surface area contributed by atoms with Gasteiger partial charge in [0.05, 0.1) is 6.26 Å². The minimum atomic E-state index is -0.164. The second-order valence-corrected chi connectivity index (χ2v) is 5.58. The van der Waals surface area contributed by atoms with E-state index in [1.165, 1.54) is 0 Å². The summed E-state index contributed by atoms with van der Waals surface area (Å²) in [6.07, 6.45) is 2.12. The third kappa shape index (κ3) is 3.35. The van der Waals surface area contributed by atoms with Crippen LogP contribution in [-0.4, -0.2) is 12.5 Å². The molecule has 2 rings (SSSR count). The molecule has 19 heavy (non-hydrogen) atoms. The van der Waals surface area contributed by atoms with Crippen LogP contribution in [0.4, 0.5) is 0 Å². The van der Waals surface area contributed by atoms with Crippen molar-refractivity contribution in [3.05, 3.63) is 36.1 Å². The molecular formula is C15H20N2O2. The van der Waals surface area contributed by atoms with Crippen molar-refractivity contribution in [1.29, 1.82) is 0 Å². The van der Waals surface area contributed by atoms with Gasteiger partial charge in [-0.1, -0.05) is 32.0 Å². The van der Waals surface area contributed by atoms with Crippen LogP contribution >= 0.6 is 0 Å². The predicted molar refractivity (Wildman–Crippen MR) is 75.5 cm³/mol. The van der Waals surface area contributed by atoms with E-state index in [1.54, 1.807) is 6.26 Å². The molecule has 4 heteroatoms. The maximum atomic E-state index is 11.9. The van der Waals surface area contributed by atoms with Gasteiger partial charge in [-0.05, 0) is 18.0 Å². The smallest absolute Gasteiger partial charge is 0.220 e. The van der Waals surface area contributed by atoms with Crippen LogP contribution in [0.5, 0.6) is 0 Å². The van der Waals surface area contributed by atoms with Gasteiger partial charge in [-0.15, -0.1) is 0 Å². The number of benzene rings is 1. The maximum Gasteiger partial charge on any atom is 0.220 e. The van der Waals surface area contributed by atoms with Crippen molar-refractivity contribution in [2.75, 3.05) is 6.54 Å². The van der Waals surface area contributed by atoms with Crippen LogP contribution in [0, 0.1) is 5.41 Å². The van der Waals surface area contributed by atoms with Crippen molar-refractivity contribution in [1.82, 2.24) is 5.32 Å². The summed E-state index contributed by atoms with van der Waals surface area (Å²) in [6.45, 7) is 4.95. The van der Waals surface area contributed by atoms with Gasteiger partial charge >= 0.3 is 0 Å². The van der Waals surface area contributed by atoms with Gasteiger partial charge in [0.15, 0.2) is 0 Å². The van der Waals surface area contributed by atoms with Crippen LogP contribution in [0.3, 0.4) is 0 Å². The molecule has 0 radical (unpaired) electrons. The predicted octanol–water partition coefficient (Wildman–Crippen LogP) is 2.42. The van der Waals surface area contributed by atoms with Gasteiger partial charge in [0.1, 0.15) is 5.58 Å². The Hall–Kier alpha value is -1.81. The summed E-state index contributed by atoms with van der Waals surface area (Å²) in [5.74, 6) is 0.0146. The van der Waals surface area contributed by atoms with E-state index >= 15 is 0 Å². The first kappa shape index (κ1) is 13.6. The number of nitrogens with two attached hydrogens (primary N) is 1. The van der Waals surface area contributed by atoms with Crippen molar-refractivity contribution in [2.45, 2.75) is 26.8 Å². The quantitative estimate of drug-likeness (QED) is 0.867.